The molecule has 0 aliphatic heterocycles. The Balaban J connectivity index is 0.000000490. The van der Waals surface area contributed by atoms with Crippen LogP contribution in [0.15, 0.2) is 0 Å². The molecule has 0 aromatic heterocycles. The molecule has 0 N–H and O–H groups in total. The quantitative estimate of drug-likeness (QED) is 0.496. The summed E-state index contributed by atoms with van der Waals surface area (Å²) < 4.78 is 0. The van der Waals surface area contributed by atoms with Gasteiger partial charge in [-0.2, -0.15) is 0 Å². The molecule has 50 valence electrons. The lowest BCUT2D eigenvalue weighted by Gasteiger charge is -1.99. The largest absolute Gasteiger partial charge is 0.269 e. The molecular weight excluding hydrogens is 103 g/mol. The summed E-state index contributed by atoms with van der Waals surface area (Å²) in [5, 5.41) is 0. The van der Waals surface area contributed by atoms with Gasteiger partial charge in [0.05, 0.1) is 0 Å². The predicted octanol–water partition coefficient (Wildman–Crippen LogP) is 2.74. The van der Waals surface area contributed by atoms with E-state index in [1.165, 1.54) is 32.1 Å². The fourth-order valence-electron chi connectivity index (χ4n) is 1.42. The summed E-state index contributed by atoms with van der Waals surface area (Å²) in [6.07, 6.45) is 7.43. The van der Waals surface area contributed by atoms with Crippen LogP contribution in [-0.4, -0.2) is 0 Å². The molecule has 0 radical (unpaired) electrons. The van der Waals surface area contributed by atoms with Gasteiger partial charge < -0.3 is 0 Å². The van der Waals surface area contributed by atoms with Crippen molar-refractivity contribution >= 4 is 0 Å². The number of halogens is 1. The van der Waals surface area contributed by atoms with Crippen molar-refractivity contribution in [2.45, 2.75) is 39.0 Å². The highest BCUT2D eigenvalue weighted by molar-refractivity contribution is 4.64. The second-order valence-corrected chi connectivity index (χ2v) is 2.56. The fourth-order valence-corrected chi connectivity index (χ4v) is 1.42. The van der Waals surface area contributed by atoms with Gasteiger partial charge in [-0.3, -0.25) is 4.70 Å². The first-order valence-electron chi connectivity index (χ1n) is 3.43. The Bertz CT molecular complexity index is 46.3. The van der Waals surface area contributed by atoms with E-state index in [4.69, 9.17) is 0 Å². The average molecular weight is 118 g/mol. The number of rotatable bonds is 1. The van der Waals surface area contributed by atoms with Crippen LogP contribution in [-0.2, 0) is 0 Å². The lowest BCUT2D eigenvalue weighted by Crippen LogP contribution is -1.86. The van der Waals surface area contributed by atoms with Gasteiger partial charge in [0, 0.05) is 0 Å². The van der Waals surface area contributed by atoms with E-state index in [1.54, 1.807) is 0 Å². The van der Waals surface area contributed by atoms with Crippen LogP contribution in [0.4, 0.5) is 4.70 Å². The molecular formula is C7H15F. The predicted molar refractivity (Wildman–Crippen MR) is 34.8 cm³/mol. The standard InChI is InChI=1S/C7H14.FH/c1-2-7-5-3-4-6-7;/h7H,2-6H2,1H3;1H. The second kappa shape index (κ2) is 3.88. The monoisotopic (exact) mass is 118 g/mol. The van der Waals surface area contributed by atoms with E-state index in [0.29, 0.717) is 0 Å². The molecule has 0 bridgehead atoms. The van der Waals surface area contributed by atoms with E-state index in [1.807, 2.05) is 0 Å². The van der Waals surface area contributed by atoms with Crippen molar-refractivity contribution < 1.29 is 4.70 Å². The molecule has 0 saturated heterocycles. The van der Waals surface area contributed by atoms with Crippen LogP contribution in [0.1, 0.15) is 39.0 Å². The molecule has 1 heteroatoms. The van der Waals surface area contributed by atoms with Crippen molar-refractivity contribution in [2.24, 2.45) is 5.92 Å². The van der Waals surface area contributed by atoms with Crippen LogP contribution in [0.5, 0.6) is 0 Å². The van der Waals surface area contributed by atoms with Crippen molar-refractivity contribution in [3.05, 3.63) is 0 Å². The highest BCUT2D eigenvalue weighted by Crippen LogP contribution is 2.26. The highest BCUT2D eigenvalue weighted by atomic mass is 19.0. The maximum atomic E-state index is 2.30. The van der Waals surface area contributed by atoms with Gasteiger partial charge in [0.15, 0.2) is 0 Å². The first-order chi connectivity index (χ1) is 3.43. The summed E-state index contributed by atoms with van der Waals surface area (Å²) in [6.45, 7) is 2.30. The summed E-state index contributed by atoms with van der Waals surface area (Å²) in [6, 6.07) is 0. The number of hydrogen-bond acceptors (Lipinski definition) is 0. The molecule has 1 aliphatic carbocycles. The maximum absolute atomic E-state index is 2.30. The Kier molecular flexibility index (Phi) is 3.84. The molecule has 0 amide bonds. The molecule has 0 aromatic rings. The molecule has 0 unspecified atom stereocenters. The molecule has 0 aromatic carbocycles. The summed E-state index contributed by atoms with van der Waals surface area (Å²) in [4.78, 5) is 0. The Morgan fingerprint density at radius 3 is 2.00 bits per heavy atom. The van der Waals surface area contributed by atoms with Crippen molar-refractivity contribution in [3.63, 3.8) is 0 Å². The third kappa shape index (κ3) is 1.81. The first-order valence-corrected chi connectivity index (χ1v) is 3.43. The topological polar surface area (TPSA) is 0 Å². The Labute approximate surface area is 50.7 Å². The summed E-state index contributed by atoms with van der Waals surface area (Å²) in [5.41, 5.74) is 0. The van der Waals surface area contributed by atoms with E-state index >= 15 is 0 Å². The normalized spacial score (nSPS) is 20.6. The molecule has 0 spiro atoms. The van der Waals surface area contributed by atoms with Crippen LogP contribution in [0.3, 0.4) is 0 Å². The minimum atomic E-state index is 0. The summed E-state index contributed by atoms with van der Waals surface area (Å²) in [5.74, 6) is 1.10. The van der Waals surface area contributed by atoms with E-state index in [9.17, 15) is 0 Å². The van der Waals surface area contributed by atoms with Gasteiger partial charge in [-0.25, -0.2) is 0 Å². The molecule has 0 nitrogen and oxygen atoms in total. The Hall–Kier alpha value is -0.0700. The van der Waals surface area contributed by atoms with Crippen molar-refractivity contribution in [2.75, 3.05) is 0 Å². The SMILES string of the molecule is CCC1CCCC1.F. The van der Waals surface area contributed by atoms with Crippen molar-refractivity contribution in [1.82, 2.24) is 0 Å². The molecule has 1 fully saturated rings. The van der Waals surface area contributed by atoms with E-state index < -0.39 is 0 Å². The highest BCUT2D eigenvalue weighted by Gasteiger charge is 2.11. The minimum Gasteiger partial charge on any atom is -0.269 e. The zero-order valence-electron chi connectivity index (χ0n) is 5.52. The third-order valence-corrected chi connectivity index (χ3v) is 2.05. The van der Waals surface area contributed by atoms with Crippen LogP contribution in [0, 0.1) is 5.92 Å². The van der Waals surface area contributed by atoms with Crippen LogP contribution in [0.25, 0.3) is 0 Å². The van der Waals surface area contributed by atoms with Crippen molar-refractivity contribution in [3.8, 4) is 0 Å². The Morgan fingerprint density at radius 1 is 1.25 bits per heavy atom. The van der Waals surface area contributed by atoms with Gasteiger partial charge in [0.25, 0.3) is 0 Å². The lowest BCUT2D eigenvalue weighted by atomic mass is 10.1. The minimum absolute atomic E-state index is 0. The molecule has 1 rings (SSSR count). The van der Waals surface area contributed by atoms with Gasteiger partial charge in [-0.15, -0.1) is 0 Å². The zero-order valence-corrected chi connectivity index (χ0v) is 5.52. The van der Waals surface area contributed by atoms with Crippen LogP contribution in [0.2, 0.25) is 0 Å². The zero-order chi connectivity index (χ0) is 5.11. The van der Waals surface area contributed by atoms with Gasteiger partial charge >= 0.3 is 0 Å². The molecule has 1 aliphatic rings. The Morgan fingerprint density at radius 2 is 1.75 bits per heavy atom. The first kappa shape index (κ1) is 7.93. The molecule has 1 saturated carbocycles. The maximum Gasteiger partial charge on any atom is -0.0417 e. The number of hydrogen-bond donors (Lipinski definition) is 0. The van der Waals surface area contributed by atoms with Gasteiger partial charge in [0.1, 0.15) is 0 Å². The van der Waals surface area contributed by atoms with Crippen molar-refractivity contribution in [1.29, 1.82) is 0 Å². The van der Waals surface area contributed by atoms with E-state index in [-0.39, 0.29) is 4.70 Å². The lowest BCUT2D eigenvalue weighted by molar-refractivity contribution is 0.531. The fraction of sp³-hybridized carbons (Fsp3) is 1.00. The van der Waals surface area contributed by atoms with Gasteiger partial charge in [-0.05, 0) is 5.92 Å². The summed E-state index contributed by atoms with van der Waals surface area (Å²) in [7, 11) is 0. The second-order valence-electron chi connectivity index (χ2n) is 2.56. The smallest absolute Gasteiger partial charge is 0.0417 e. The average Bonchev–Trinajstić information content (AvgIpc) is 2.14. The van der Waals surface area contributed by atoms with Gasteiger partial charge in [-0.1, -0.05) is 39.0 Å². The van der Waals surface area contributed by atoms with Crippen LogP contribution >= 0.6 is 0 Å². The third-order valence-electron chi connectivity index (χ3n) is 2.05. The van der Waals surface area contributed by atoms with Crippen LogP contribution < -0.4 is 0 Å². The molecule has 0 atom stereocenters. The summed E-state index contributed by atoms with van der Waals surface area (Å²) >= 11 is 0. The molecule has 0 heterocycles. The van der Waals surface area contributed by atoms with E-state index in [0.717, 1.165) is 5.92 Å². The van der Waals surface area contributed by atoms with E-state index in [2.05, 4.69) is 6.92 Å². The molecule has 8 heavy (non-hydrogen) atoms. The van der Waals surface area contributed by atoms with Gasteiger partial charge in [0.2, 0.25) is 0 Å².